The molecule has 1 aliphatic heterocycles. The Hall–Kier alpha value is -2.05. The number of hydrogen-bond acceptors (Lipinski definition) is 3. The van der Waals surface area contributed by atoms with E-state index in [0.717, 1.165) is 45.2 Å². The summed E-state index contributed by atoms with van der Waals surface area (Å²) in [4.78, 5) is 30.2. The summed E-state index contributed by atoms with van der Waals surface area (Å²) in [5.74, 6) is 0.372. The lowest BCUT2D eigenvalue weighted by Gasteiger charge is -2.20. The Morgan fingerprint density at radius 1 is 1.22 bits per heavy atom. The molecule has 1 aromatic rings. The zero-order chi connectivity index (χ0) is 16.1. The molecule has 2 N–H and O–H groups in total. The second kappa shape index (κ2) is 7.48. The number of hydrogen-bond donors (Lipinski definition) is 2. The van der Waals surface area contributed by atoms with Crippen LogP contribution in [0.4, 0.5) is 4.79 Å². The minimum atomic E-state index is -0.149. The van der Waals surface area contributed by atoms with E-state index < -0.39 is 0 Å². The number of carbonyl (C=O) groups excluding carboxylic acids is 2. The first kappa shape index (κ1) is 15.8. The first-order valence-corrected chi connectivity index (χ1v) is 8.51. The average molecular weight is 319 g/mol. The van der Waals surface area contributed by atoms with E-state index in [9.17, 15) is 9.59 Å². The molecule has 23 heavy (non-hydrogen) atoms. The molecule has 126 valence electrons. The molecule has 2 fully saturated rings. The van der Waals surface area contributed by atoms with Gasteiger partial charge in [-0.15, -0.1) is 0 Å². The Morgan fingerprint density at radius 3 is 2.78 bits per heavy atom. The molecule has 7 nitrogen and oxygen atoms in total. The number of nitrogens with zero attached hydrogens (tertiary/aromatic N) is 3. The minimum absolute atomic E-state index is 0.0874. The molecule has 1 aromatic heterocycles. The Labute approximate surface area is 136 Å². The van der Waals surface area contributed by atoms with Gasteiger partial charge in [-0.2, -0.15) is 0 Å². The molecule has 0 aromatic carbocycles. The molecular formula is C16H25N5O2. The molecule has 2 heterocycles. The van der Waals surface area contributed by atoms with Crippen LogP contribution in [0.1, 0.15) is 32.1 Å². The van der Waals surface area contributed by atoms with Crippen LogP contribution in [0.25, 0.3) is 0 Å². The van der Waals surface area contributed by atoms with E-state index in [2.05, 4.69) is 15.6 Å². The van der Waals surface area contributed by atoms with Gasteiger partial charge < -0.3 is 20.1 Å². The number of carbonyl (C=O) groups is 2. The summed E-state index contributed by atoms with van der Waals surface area (Å²) in [5, 5.41) is 5.84. The molecule has 0 unspecified atom stereocenters. The molecule has 3 rings (SSSR count). The average Bonchev–Trinajstić information content (AvgIpc) is 3.29. The number of urea groups is 1. The van der Waals surface area contributed by atoms with E-state index in [0.29, 0.717) is 13.1 Å². The molecule has 1 aliphatic carbocycles. The van der Waals surface area contributed by atoms with E-state index in [-0.39, 0.29) is 23.9 Å². The fourth-order valence-corrected chi connectivity index (χ4v) is 3.49. The van der Waals surface area contributed by atoms with Crippen LogP contribution in [-0.2, 0) is 11.3 Å². The summed E-state index contributed by atoms with van der Waals surface area (Å²) in [5.41, 5.74) is 0. The summed E-state index contributed by atoms with van der Waals surface area (Å²) >= 11 is 0. The van der Waals surface area contributed by atoms with Crippen LogP contribution in [0.15, 0.2) is 18.7 Å². The smallest absolute Gasteiger partial charge is 0.315 e. The Bertz CT molecular complexity index is 525. The summed E-state index contributed by atoms with van der Waals surface area (Å²) in [6.07, 6.45) is 10.1. The van der Waals surface area contributed by atoms with Crippen molar-refractivity contribution in [3.8, 4) is 0 Å². The number of likely N-dealkylation sites (tertiary alicyclic amines) is 1. The summed E-state index contributed by atoms with van der Waals surface area (Å²) in [7, 11) is 0. The maximum absolute atomic E-state index is 12.4. The lowest BCUT2D eigenvalue weighted by molar-refractivity contribution is -0.134. The van der Waals surface area contributed by atoms with E-state index >= 15 is 0 Å². The van der Waals surface area contributed by atoms with Crippen molar-refractivity contribution in [3.05, 3.63) is 18.7 Å². The standard InChI is InChI=1S/C16H25N5O2/c22-15(21-7-1-2-8-21)13-3-4-14(11-13)19-16(23)18-6-10-20-9-5-17-12-20/h5,9,12-14H,1-4,6-8,10-11H2,(H2,18,19,23)/t13-,14+/m1/s1. The molecule has 0 radical (unpaired) electrons. The molecule has 2 aliphatic rings. The van der Waals surface area contributed by atoms with Crippen molar-refractivity contribution in [1.82, 2.24) is 25.1 Å². The van der Waals surface area contributed by atoms with E-state index in [1.807, 2.05) is 15.7 Å². The predicted octanol–water partition coefficient (Wildman–Crippen LogP) is 0.973. The highest BCUT2D eigenvalue weighted by Crippen LogP contribution is 2.28. The normalized spacial score (nSPS) is 23.9. The summed E-state index contributed by atoms with van der Waals surface area (Å²) in [6, 6.07) is -0.0378. The highest BCUT2D eigenvalue weighted by atomic mass is 16.2. The van der Waals surface area contributed by atoms with Crippen LogP contribution in [0, 0.1) is 5.92 Å². The fourth-order valence-electron chi connectivity index (χ4n) is 3.49. The summed E-state index contributed by atoms with van der Waals surface area (Å²) < 4.78 is 1.92. The largest absolute Gasteiger partial charge is 0.342 e. The lowest BCUT2D eigenvalue weighted by Crippen LogP contribution is -2.42. The Balaban J connectivity index is 1.35. The maximum Gasteiger partial charge on any atom is 0.315 e. The highest BCUT2D eigenvalue weighted by molar-refractivity contribution is 5.80. The third kappa shape index (κ3) is 4.24. The van der Waals surface area contributed by atoms with Crippen molar-refractivity contribution in [1.29, 1.82) is 0 Å². The monoisotopic (exact) mass is 319 g/mol. The van der Waals surface area contributed by atoms with Crippen LogP contribution < -0.4 is 10.6 Å². The van der Waals surface area contributed by atoms with Gasteiger partial charge in [0.25, 0.3) is 0 Å². The van der Waals surface area contributed by atoms with Crippen LogP contribution in [0.2, 0.25) is 0 Å². The van der Waals surface area contributed by atoms with Crippen molar-refractivity contribution in [2.24, 2.45) is 5.92 Å². The van der Waals surface area contributed by atoms with Crippen LogP contribution in [0.3, 0.4) is 0 Å². The number of aromatic nitrogens is 2. The second-order valence-electron chi connectivity index (χ2n) is 6.44. The van der Waals surface area contributed by atoms with Crippen molar-refractivity contribution in [2.45, 2.75) is 44.7 Å². The molecule has 2 atom stereocenters. The van der Waals surface area contributed by atoms with Gasteiger partial charge in [0.05, 0.1) is 6.33 Å². The molecule has 0 spiro atoms. The number of rotatable bonds is 5. The van der Waals surface area contributed by atoms with Crippen molar-refractivity contribution < 1.29 is 9.59 Å². The molecule has 7 heteroatoms. The van der Waals surface area contributed by atoms with Crippen LogP contribution >= 0.6 is 0 Å². The maximum atomic E-state index is 12.4. The predicted molar refractivity (Wildman–Crippen MR) is 85.7 cm³/mol. The first-order chi connectivity index (χ1) is 11.2. The topological polar surface area (TPSA) is 79.3 Å². The van der Waals surface area contributed by atoms with Crippen LogP contribution in [-0.4, -0.2) is 52.1 Å². The zero-order valence-electron chi connectivity index (χ0n) is 13.4. The van der Waals surface area contributed by atoms with Crippen molar-refractivity contribution in [2.75, 3.05) is 19.6 Å². The van der Waals surface area contributed by atoms with Crippen LogP contribution in [0.5, 0.6) is 0 Å². The van der Waals surface area contributed by atoms with E-state index in [4.69, 9.17) is 0 Å². The number of amides is 3. The van der Waals surface area contributed by atoms with Gasteiger partial charge in [-0.25, -0.2) is 9.78 Å². The SMILES string of the molecule is O=C(NCCn1ccnc1)N[C@H]1CC[C@@H](C(=O)N2CCCC2)C1. The Morgan fingerprint density at radius 2 is 2.04 bits per heavy atom. The van der Waals surface area contributed by atoms with Gasteiger partial charge in [-0.1, -0.05) is 0 Å². The molecule has 1 saturated heterocycles. The van der Waals surface area contributed by atoms with Gasteiger partial charge >= 0.3 is 6.03 Å². The highest BCUT2D eigenvalue weighted by Gasteiger charge is 2.33. The van der Waals surface area contributed by atoms with Gasteiger partial charge in [-0.3, -0.25) is 4.79 Å². The molecule has 3 amide bonds. The number of nitrogens with one attached hydrogen (secondary N) is 2. The van der Waals surface area contributed by atoms with E-state index in [1.54, 1.807) is 12.5 Å². The van der Waals surface area contributed by atoms with Gasteiger partial charge in [0, 0.05) is 50.5 Å². The molecule has 1 saturated carbocycles. The van der Waals surface area contributed by atoms with Gasteiger partial charge in [0.1, 0.15) is 0 Å². The quantitative estimate of drug-likeness (QED) is 0.849. The second-order valence-corrected chi connectivity index (χ2v) is 6.44. The van der Waals surface area contributed by atoms with Crippen molar-refractivity contribution >= 4 is 11.9 Å². The summed E-state index contributed by atoms with van der Waals surface area (Å²) in [6.45, 7) is 3.07. The zero-order valence-corrected chi connectivity index (χ0v) is 13.4. The Kier molecular flexibility index (Phi) is 5.15. The third-order valence-corrected chi connectivity index (χ3v) is 4.75. The third-order valence-electron chi connectivity index (χ3n) is 4.75. The first-order valence-electron chi connectivity index (χ1n) is 8.51. The minimum Gasteiger partial charge on any atom is -0.342 e. The number of imidazole rings is 1. The van der Waals surface area contributed by atoms with Gasteiger partial charge in [-0.05, 0) is 32.1 Å². The molecule has 0 bridgehead atoms. The van der Waals surface area contributed by atoms with Gasteiger partial charge in [0.15, 0.2) is 0 Å². The van der Waals surface area contributed by atoms with Crippen molar-refractivity contribution in [3.63, 3.8) is 0 Å². The lowest BCUT2D eigenvalue weighted by atomic mass is 10.1. The molecular weight excluding hydrogens is 294 g/mol. The van der Waals surface area contributed by atoms with E-state index in [1.165, 1.54) is 0 Å². The van der Waals surface area contributed by atoms with Gasteiger partial charge in [0.2, 0.25) is 5.91 Å². The fraction of sp³-hybridized carbons (Fsp3) is 0.688.